The molecule has 0 radical (unpaired) electrons. The summed E-state index contributed by atoms with van der Waals surface area (Å²) in [5, 5.41) is 0. The average molecular weight is 297 g/mol. The highest BCUT2D eigenvalue weighted by Crippen LogP contribution is 2.29. The van der Waals surface area contributed by atoms with Gasteiger partial charge in [-0.25, -0.2) is 4.79 Å². The van der Waals surface area contributed by atoms with Crippen molar-refractivity contribution in [2.45, 2.75) is 24.6 Å². The Hall–Kier alpha value is -1.03. The van der Waals surface area contributed by atoms with Crippen molar-refractivity contribution >= 4 is 27.0 Å². The van der Waals surface area contributed by atoms with Crippen LogP contribution in [0.4, 0.5) is 0 Å². The van der Waals surface area contributed by atoms with E-state index in [1.54, 1.807) is 9.13 Å². The van der Waals surface area contributed by atoms with E-state index >= 15 is 0 Å². The third-order valence-corrected chi connectivity index (χ3v) is 4.19. The zero-order valence-corrected chi connectivity index (χ0v) is 12.0. The van der Waals surface area contributed by atoms with E-state index < -0.39 is 0 Å². The minimum Gasteiger partial charge on any atom is -0.295 e. The van der Waals surface area contributed by atoms with Crippen LogP contribution in [0.3, 0.4) is 0 Å². The number of hydrogen-bond donors (Lipinski definition) is 0. The van der Waals surface area contributed by atoms with E-state index in [9.17, 15) is 4.79 Å². The summed E-state index contributed by atoms with van der Waals surface area (Å²) in [6.45, 7) is 2.17. The molecule has 92 valence electrons. The van der Waals surface area contributed by atoms with Crippen molar-refractivity contribution in [2.24, 2.45) is 14.1 Å². The normalized spacial score (nSPS) is 13.2. The number of nitrogens with zero attached hydrogens (tertiary/aromatic N) is 2. The number of benzene rings is 1. The third-order valence-electron chi connectivity index (χ3n) is 3.20. The molecule has 3 nitrogen and oxygen atoms in total. The molecule has 2 rings (SSSR count). The van der Waals surface area contributed by atoms with Crippen LogP contribution in [0.1, 0.15) is 30.2 Å². The maximum atomic E-state index is 11.8. The van der Waals surface area contributed by atoms with Gasteiger partial charge >= 0.3 is 5.69 Å². The molecule has 1 unspecified atom stereocenters. The van der Waals surface area contributed by atoms with Crippen LogP contribution in [-0.4, -0.2) is 9.13 Å². The van der Waals surface area contributed by atoms with Crippen LogP contribution >= 0.6 is 15.9 Å². The molecular weight excluding hydrogens is 280 g/mol. The highest BCUT2D eigenvalue weighted by molar-refractivity contribution is 9.09. The lowest BCUT2D eigenvalue weighted by atomic mass is 10.1. The van der Waals surface area contributed by atoms with E-state index in [2.05, 4.69) is 35.0 Å². The molecule has 17 heavy (non-hydrogen) atoms. The first-order valence-corrected chi connectivity index (χ1v) is 6.77. The lowest BCUT2D eigenvalue weighted by Gasteiger charge is -2.09. The largest absolute Gasteiger partial charge is 0.328 e. The van der Waals surface area contributed by atoms with Crippen molar-refractivity contribution < 1.29 is 0 Å². The van der Waals surface area contributed by atoms with E-state index in [4.69, 9.17) is 0 Å². The van der Waals surface area contributed by atoms with E-state index in [0.29, 0.717) is 4.83 Å². The fraction of sp³-hybridized carbons (Fsp3) is 0.462. The average Bonchev–Trinajstić information content (AvgIpc) is 2.55. The molecular formula is C13H17BrN2O. The first-order valence-electron chi connectivity index (χ1n) is 5.85. The topological polar surface area (TPSA) is 26.9 Å². The summed E-state index contributed by atoms with van der Waals surface area (Å²) in [5.41, 5.74) is 3.24. The maximum absolute atomic E-state index is 11.8. The second-order valence-corrected chi connectivity index (χ2v) is 5.51. The van der Waals surface area contributed by atoms with Crippen molar-refractivity contribution in [3.63, 3.8) is 0 Å². The number of imidazole rings is 1. The molecule has 0 aliphatic heterocycles. The molecule has 4 heteroatoms. The summed E-state index contributed by atoms with van der Waals surface area (Å²) in [4.78, 5) is 12.2. The number of rotatable bonds is 3. The summed E-state index contributed by atoms with van der Waals surface area (Å²) in [6, 6.07) is 6.22. The Labute approximate surface area is 109 Å². The SMILES string of the molecule is CCCC(Br)c1ccc2c(c1)n(C)c(=O)n2C. The van der Waals surface area contributed by atoms with Gasteiger partial charge in [0.25, 0.3) is 0 Å². The first-order chi connectivity index (χ1) is 8.06. The van der Waals surface area contributed by atoms with Gasteiger partial charge in [0.15, 0.2) is 0 Å². The Balaban J connectivity index is 2.58. The fourth-order valence-electron chi connectivity index (χ4n) is 2.14. The molecule has 0 N–H and O–H groups in total. The van der Waals surface area contributed by atoms with Gasteiger partial charge in [-0.2, -0.15) is 0 Å². The van der Waals surface area contributed by atoms with Gasteiger partial charge in [0.05, 0.1) is 11.0 Å². The molecule has 2 aromatic rings. The predicted molar refractivity (Wildman–Crippen MR) is 74.7 cm³/mol. The molecule has 0 amide bonds. The molecule has 0 aliphatic rings. The second kappa shape index (κ2) is 4.69. The summed E-state index contributed by atoms with van der Waals surface area (Å²) < 4.78 is 3.38. The zero-order valence-electron chi connectivity index (χ0n) is 10.4. The number of aromatic nitrogens is 2. The van der Waals surface area contributed by atoms with Crippen LogP contribution in [0.2, 0.25) is 0 Å². The molecule has 0 saturated carbocycles. The van der Waals surface area contributed by atoms with E-state index in [1.807, 2.05) is 20.2 Å². The van der Waals surface area contributed by atoms with Crippen LogP contribution in [0.25, 0.3) is 11.0 Å². The Kier molecular flexibility index (Phi) is 3.43. The van der Waals surface area contributed by atoms with E-state index in [1.165, 1.54) is 5.56 Å². The molecule has 0 aliphatic carbocycles. The highest BCUT2D eigenvalue weighted by atomic mass is 79.9. The van der Waals surface area contributed by atoms with Gasteiger partial charge in [-0.1, -0.05) is 35.3 Å². The fourth-order valence-corrected chi connectivity index (χ4v) is 2.88. The highest BCUT2D eigenvalue weighted by Gasteiger charge is 2.11. The van der Waals surface area contributed by atoms with Crippen LogP contribution in [0.15, 0.2) is 23.0 Å². The first kappa shape index (κ1) is 12.4. The number of alkyl halides is 1. The van der Waals surface area contributed by atoms with Crippen LogP contribution in [0.5, 0.6) is 0 Å². The van der Waals surface area contributed by atoms with Gasteiger partial charge < -0.3 is 0 Å². The van der Waals surface area contributed by atoms with Crippen molar-refractivity contribution in [2.75, 3.05) is 0 Å². The monoisotopic (exact) mass is 296 g/mol. The van der Waals surface area contributed by atoms with E-state index in [0.717, 1.165) is 23.9 Å². The van der Waals surface area contributed by atoms with Gasteiger partial charge in [-0.3, -0.25) is 9.13 Å². The summed E-state index contributed by atoms with van der Waals surface area (Å²) in [6.07, 6.45) is 2.24. The van der Waals surface area contributed by atoms with Gasteiger partial charge in [-0.05, 0) is 24.1 Å². The number of hydrogen-bond acceptors (Lipinski definition) is 1. The van der Waals surface area contributed by atoms with Crippen LogP contribution in [0, 0.1) is 0 Å². The number of aryl methyl sites for hydroxylation is 2. The van der Waals surface area contributed by atoms with Crippen molar-refractivity contribution in [3.05, 3.63) is 34.2 Å². The quantitative estimate of drug-likeness (QED) is 0.800. The lowest BCUT2D eigenvalue weighted by molar-refractivity contribution is 0.787. The number of halogens is 1. The van der Waals surface area contributed by atoms with Crippen molar-refractivity contribution in [3.8, 4) is 0 Å². The summed E-state index contributed by atoms with van der Waals surface area (Å²) >= 11 is 3.69. The maximum Gasteiger partial charge on any atom is 0.328 e. The smallest absolute Gasteiger partial charge is 0.295 e. The van der Waals surface area contributed by atoms with Crippen LogP contribution < -0.4 is 5.69 Å². The molecule has 0 spiro atoms. The predicted octanol–water partition coefficient (Wildman–Crippen LogP) is 3.11. The standard InChI is InChI=1S/C13H17BrN2O/c1-4-5-10(14)9-6-7-11-12(8-9)16(3)13(17)15(11)2/h6-8,10H,4-5H2,1-3H3. The summed E-state index contributed by atoms with van der Waals surface area (Å²) in [5.74, 6) is 0. The third kappa shape index (κ3) is 2.06. The molecule has 0 fully saturated rings. The Morgan fingerprint density at radius 1 is 1.24 bits per heavy atom. The Morgan fingerprint density at radius 3 is 2.53 bits per heavy atom. The molecule has 1 heterocycles. The van der Waals surface area contributed by atoms with Gasteiger partial charge in [-0.15, -0.1) is 0 Å². The molecule has 1 aromatic carbocycles. The van der Waals surface area contributed by atoms with Gasteiger partial charge in [0.1, 0.15) is 0 Å². The minimum absolute atomic E-state index is 0.0266. The summed E-state index contributed by atoms with van der Waals surface area (Å²) in [7, 11) is 3.62. The lowest BCUT2D eigenvalue weighted by Crippen LogP contribution is -2.19. The Bertz CT molecular complexity index is 597. The van der Waals surface area contributed by atoms with Gasteiger partial charge in [0.2, 0.25) is 0 Å². The van der Waals surface area contributed by atoms with Crippen molar-refractivity contribution in [1.29, 1.82) is 0 Å². The minimum atomic E-state index is 0.0266. The second-order valence-electron chi connectivity index (χ2n) is 4.40. The zero-order chi connectivity index (χ0) is 12.6. The number of fused-ring (bicyclic) bond motifs is 1. The van der Waals surface area contributed by atoms with Crippen molar-refractivity contribution in [1.82, 2.24) is 9.13 Å². The molecule has 1 aromatic heterocycles. The molecule has 0 bridgehead atoms. The van der Waals surface area contributed by atoms with Crippen LogP contribution in [-0.2, 0) is 14.1 Å². The molecule has 0 saturated heterocycles. The Morgan fingerprint density at radius 2 is 1.88 bits per heavy atom. The van der Waals surface area contributed by atoms with Gasteiger partial charge in [0, 0.05) is 18.9 Å². The molecule has 1 atom stereocenters. The van der Waals surface area contributed by atoms with E-state index in [-0.39, 0.29) is 5.69 Å².